The average Bonchev–Trinajstić information content (AvgIpc) is 2.55. The molecule has 0 aromatic carbocycles. The molecule has 0 unspecified atom stereocenters. The molecule has 7 heteroatoms. The van der Waals surface area contributed by atoms with Gasteiger partial charge >= 0.3 is 11.8 Å². The zero-order valence-electron chi connectivity index (χ0n) is 6.29. The van der Waals surface area contributed by atoms with Crippen LogP contribution < -0.4 is 10.6 Å². The Morgan fingerprint density at radius 3 is 2.75 bits per heavy atom. The molecular formula is C5H7N5O2. The number of hydrogen-bond acceptors (Lipinski definition) is 4. The van der Waals surface area contributed by atoms with Gasteiger partial charge in [0.05, 0.1) is 0 Å². The summed E-state index contributed by atoms with van der Waals surface area (Å²) in [4.78, 5) is 25.1. The fourth-order valence-electron chi connectivity index (χ4n) is 0.544. The molecule has 0 spiro atoms. The highest BCUT2D eigenvalue weighted by molar-refractivity contribution is 6.39. The molecule has 0 saturated heterocycles. The minimum Gasteiger partial charge on any atom is -0.351 e. The monoisotopic (exact) mass is 169 g/mol. The second-order valence-electron chi connectivity index (χ2n) is 1.87. The number of amides is 2. The first-order valence-corrected chi connectivity index (χ1v) is 3.12. The molecule has 0 atom stereocenters. The van der Waals surface area contributed by atoms with Crippen molar-refractivity contribution in [1.29, 1.82) is 0 Å². The molecule has 1 rings (SSSR count). The van der Waals surface area contributed by atoms with Crippen LogP contribution in [0, 0.1) is 0 Å². The average molecular weight is 169 g/mol. The normalized spacial score (nSPS) is 9.08. The quantitative estimate of drug-likeness (QED) is 0.445. The Kier molecular flexibility index (Phi) is 2.36. The predicted molar refractivity (Wildman–Crippen MR) is 39.1 cm³/mol. The van der Waals surface area contributed by atoms with Crippen LogP contribution in [0.25, 0.3) is 0 Å². The van der Waals surface area contributed by atoms with E-state index in [1.54, 1.807) is 0 Å². The van der Waals surface area contributed by atoms with Crippen molar-refractivity contribution >= 4 is 17.8 Å². The van der Waals surface area contributed by atoms with E-state index in [1.807, 2.05) is 0 Å². The van der Waals surface area contributed by atoms with Gasteiger partial charge in [-0.05, 0) is 0 Å². The number of aromatic amines is 1. The van der Waals surface area contributed by atoms with Gasteiger partial charge < -0.3 is 5.32 Å². The molecule has 12 heavy (non-hydrogen) atoms. The summed E-state index contributed by atoms with van der Waals surface area (Å²) in [5, 5.41) is 10.2. The van der Waals surface area contributed by atoms with E-state index < -0.39 is 11.8 Å². The highest BCUT2D eigenvalue weighted by Crippen LogP contribution is 1.90. The first kappa shape index (κ1) is 8.18. The van der Waals surface area contributed by atoms with Crippen molar-refractivity contribution in [3.05, 3.63) is 6.33 Å². The molecule has 0 saturated carbocycles. The third kappa shape index (κ3) is 1.78. The van der Waals surface area contributed by atoms with E-state index in [0.717, 1.165) is 0 Å². The Morgan fingerprint density at radius 1 is 1.50 bits per heavy atom. The molecule has 64 valence electrons. The number of nitrogens with zero attached hydrogens (tertiary/aromatic N) is 2. The predicted octanol–water partition coefficient (Wildman–Crippen LogP) is -1.51. The Labute approximate surface area is 67.6 Å². The number of carbonyl (C=O) groups is 2. The standard InChI is InChI=1S/C5H7N5O2/c1-6-3(11)4(12)9-5-7-2-8-10-5/h2H,1H3,(H,6,11)(H2,7,8,9,10,12). The van der Waals surface area contributed by atoms with Crippen LogP contribution in [0.2, 0.25) is 0 Å². The highest BCUT2D eigenvalue weighted by atomic mass is 16.2. The van der Waals surface area contributed by atoms with Gasteiger partial charge in [-0.2, -0.15) is 10.1 Å². The van der Waals surface area contributed by atoms with E-state index in [-0.39, 0.29) is 5.95 Å². The molecule has 0 radical (unpaired) electrons. The molecule has 3 N–H and O–H groups in total. The summed E-state index contributed by atoms with van der Waals surface area (Å²) in [7, 11) is 1.36. The first-order valence-electron chi connectivity index (χ1n) is 3.12. The zero-order chi connectivity index (χ0) is 8.97. The topological polar surface area (TPSA) is 99.8 Å². The van der Waals surface area contributed by atoms with Crippen LogP contribution in [0.5, 0.6) is 0 Å². The molecule has 0 bridgehead atoms. The van der Waals surface area contributed by atoms with Gasteiger partial charge in [-0.1, -0.05) is 0 Å². The maximum atomic E-state index is 10.8. The summed E-state index contributed by atoms with van der Waals surface area (Å²) >= 11 is 0. The van der Waals surface area contributed by atoms with Gasteiger partial charge in [0.2, 0.25) is 5.95 Å². The molecular weight excluding hydrogens is 162 g/mol. The molecule has 0 aliphatic carbocycles. The third-order valence-corrected chi connectivity index (χ3v) is 1.08. The van der Waals surface area contributed by atoms with Crippen LogP contribution in [0.1, 0.15) is 0 Å². The summed E-state index contributed by atoms with van der Waals surface area (Å²) in [6.07, 6.45) is 1.22. The van der Waals surface area contributed by atoms with Gasteiger partial charge in [0.25, 0.3) is 0 Å². The number of likely N-dealkylation sites (N-methyl/N-ethyl adjacent to an activating group) is 1. The smallest absolute Gasteiger partial charge is 0.316 e. The number of aromatic nitrogens is 3. The van der Waals surface area contributed by atoms with Gasteiger partial charge in [-0.25, -0.2) is 5.10 Å². The van der Waals surface area contributed by atoms with Crippen molar-refractivity contribution < 1.29 is 9.59 Å². The lowest BCUT2D eigenvalue weighted by Crippen LogP contribution is -2.33. The van der Waals surface area contributed by atoms with E-state index in [9.17, 15) is 9.59 Å². The number of nitrogens with one attached hydrogen (secondary N) is 3. The molecule has 1 aromatic heterocycles. The molecule has 0 fully saturated rings. The fraction of sp³-hybridized carbons (Fsp3) is 0.200. The van der Waals surface area contributed by atoms with Crippen LogP contribution >= 0.6 is 0 Å². The second kappa shape index (κ2) is 3.46. The van der Waals surface area contributed by atoms with E-state index in [2.05, 4.69) is 25.8 Å². The van der Waals surface area contributed by atoms with Crippen molar-refractivity contribution in [2.45, 2.75) is 0 Å². The summed E-state index contributed by atoms with van der Waals surface area (Å²) < 4.78 is 0. The van der Waals surface area contributed by atoms with Gasteiger partial charge in [-0.15, -0.1) is 0 Å². The van der Waals surface area contributed by atoms with E-state index >= 15 is 0 Å². The lowest BCUT2D eigenvalue weighted by molar-refractivity contribution is -0.135. The van der Waals surface area contributed by atoms with Crippen LogP contribution in [-0.2, 0) is 9.59 Å². The Bertz CT molecular complexity index is 280. The van der Waals surface area contributed by atoms with Crippen molar-refractivity contribution in [1.82, 2.24) is 20.5 Å². The SMILES string of the molecule is CNC(=O)C(=O)Nc1ncn[nH]1. The summed E-state index contributed by atoms with van der Waals surface area (Å²) in [6.45, 7) is 0. The fourth-order valence-corrected chi connectivity index (χ4v) is 0.544. The summed E-state index contributed by atoms with van der Waals surface area (Å²) in [5.41, 5.74) is 0. The van der Waals surface area contributed by atoms with Crippen LogP contribution in [0.4, 0.5) is 5.95 Å². The minimum absolute atomic E-state index is 0.142. The van der Waals surface area contributed by atoms with Gasteiger partial charge in [-0.3, -0.25) is 14.9 Å². The Morgan fingerprint density at radius 2 is 2.25 bits per heavy atom. The number of carbonyl (C=O) groups excluding carboxylic acids is 2. The molecule has 1 aromatic rings. The number of hydrogen-bond donors (Lipinski definition) is 3. The second-order valence-corrected chi connectivity index (χ2v) is 1.87. The summed E-state index contributed by atoms with van der Waals surface area (Å²) in [6, 6.07) is 0. The molecule has 0 aliphatic rings. The molecule has 7 nitrogen and oxygen atoms in total. The summed E-state index contributed by atoms with van der Waals surface area (Å²) in [5.74, 6) is -1.37. The number of anilines is 1. The minimum atomic E-state index is -0.783. The highest BCUT2D eigenvalue weighted by Gasteiger charge is 2.11. The zero-order valence-corrected chi connectivity index (χ0v) is 6.29. The maximum absolute atomic E-state index is 10.8. The third-order valence-electron chi connectivity index (χ3n) is 1.08. The van der Waals surface area contributed by atoms with Gasteiger partial charge in [0.15, 0.2) is 0 Å². The largest absolute Gasteiger partial charge is 0.351 e. The molecule has 0 aliphatic heterocycles. The van der Waals surface area contributed by atoms with E-state index in [1.165, 1.54) is 13.4 Å². The van der Waals surface area contributed by atoms with E-state index in [4.69, 9.17) is 0 Å². The van der Waals surface area contributed by atoms with Crippen LogP contribution in [0.3, 0.4) is 0 Å². The first-order chi connectivity index (χ1) is 5.74. The lowest BCUT2D eigenvalue weighted by atomic mass is 10.5. The molecule has 1 heterocycles. The van der Waals surface area contributed by atoms with Crippen LogP contribution in [-0.4, -0.2) is 34.0 Å². The van der Waals surface area contributed by atoms with Crippen molar-refractivity contribution in [3.63, 3.8) is 0 Å². The maximum Gasteiger partial charge on any atom is 0.316 e. The Balaban J connectivity index is 2.53. The number of H-pyrrole nitrogens is 1. The lowest BCUT2D eigenvalue weighted by Gasteiger charge is -1.97. The van der Waals surface area contributed by atoms with Gasteiger partial charge in [0.1, 0.15) is 6.33 Å². The van der Waals surface area contributed by atoms with Crippen molar-refractivity contribution in [2.24, 2.45) is 0 Å². The van der Waals surface area contributed by atoms with E-state index in [0.29, 0.717) is 0 Å². The number of rotatable bonds is 1. The van der Waals surface area contributed by atoms with Crippen molar-refractivity contribution in [3.8, 4) is 0 Å². The van der Waals surface area contributed by atoms with Crippen LogP contribution in [0.15, 0.2) is 6.33 Å². The Hall–Kier alpha value is -1.92. The molecule has 2 amide bonds. The van der Waals surface area contributed by atoms with Crippen molar-refractivity contribution in [2.75, 3.05) is 12.4 Å². The van der Waals surface area contributed by atoms with Gasteiger partial charge in [0, 0.05) is 7.05 Å².